The highest BCUT2D eigenvalue weighted by molar-refractivity contribution is 6.08. The van der Waals surface area contributed by atoms with Crippen molar-refractivity contribution in [1.29, 1.82) is 0 Å². The molecule has 0 saturated carbocycles. The monoisotopic (exact) mass is 200 g/mol. The molecule has 0 bridgehead atoms. The predicted octanol–water partition coefficient (Wildman–Crippen LogP) is 3.07. The molecule has 1 aromatic carbocycles. The average molecular weight is 200 g/mol. The van der Waals surface area contributed by atoms with E-state index in [0.717, 1.165) is 6.42 Å². The van der Waals surface area contributed by atoms with E-state index >= 15 is 0 Å². The van der Waals surface area contributed by atoms with E-state index in [9.17, 15) is 4.79 Å². The predicted molar refractivity (Wildman–Crippen MR) is 58.0 cm³/mol. The Hall–Kier alpha value is -1.83. The molecule has 2 heteroatoms. The standard InChI is InChI=1S/C13H12O2/c1-2-10-3-5-11(6-4-10)13(14)12-7-8-15-9-12/h3-9H,2H2,1H3. The van der Waals surface area contributed by atoms with Gasteiger partial charge in [0.1, 0.15) is 6.26 Å². The maximum atomic E-state index is 11.8. The second-order valence-electron chi connectivity index (χ2n) is 3.39. The molecule has 0 atom stereocenters. The van der Waals surface area contributed by atoms with Crippen LogP contribution in [0.1, 0.15) is 28.4 Å². The van der Waals surface area contributed by atoms with Crippen LogP contribution in [0, 0.1) is 0 Å². The molecule has 15 heavy (non-hydrogen) atoms. The molecule has 2 aromatic rings. The summed E-state index contributed by atoms with van der Waals surface area (Å²) in [4.78, 5) is 11.8. The van der Waals surface area contributed by atoms with Crippen molar-refractivity contribution < 1.29 is 9.21 Å². The number of hydrogen-bond donors (Lipinski definition) is 0. The van der Waals surface area contributed by atoms with Crippen LogP contribution in [-0.4, -0.2) is 5.78 Å². The Morgan fingerprint density at radius 3 is 2.40 bits per heavy atom. The van der Waals surface area contributed by atoms with Gasteiger partial charge in [0.15, 0.2) is 5.78 Å². The quantitative estimate of drug-likeness (QED) is 0.713. The van der Waals surface area contributed by atoms with Crippen LogP contribution in [0.15, 0.2) is 47.3 Å². The van der Waals surface area contributed by atoms with Crippen LogP contribution in [-0.2, 0) is 6.42 Å². The third kappa shape index (κ3) is 1.99. The Balaban J connectivity index is 2.27. The second kappa shape index (κ2) is 4.13. The van der Waals surface area contributed by atoms with Crippen molar-refractivity contribution >= 4 is 5.78 Å². The Bertz CT molecular complexity index is 438. The SMILES string of the molecule is CCc1ccc(C(=O)c2ccoc2)cc1. The Morgan fingerprint density at radius 2 is 1.87 bits per heavy atom. The van der Waals surface area contributed by atoms with Crippen LogP contribution in [0.5, 0.6) is 0 Å². The smallest absolute Gasteiger partial charge is 0.196 e. The number of hydrogen-bond acceptors (Lipinski definition) is 2. The molecule has 0 amide bonds. The van der Waals surface area contributed by atoms with E-state index in [0.29, 0.717) is 11.1 Å². The highest BCUT2D eigenvalue weighted by atomic mass is 16.3. The number of carbonyl (C=O) groups is 1. The molecule has 0 N–H and O–H groups in total. The van der Waals surface area contributed by atoms with Gasteiger partial charge in [-0.05, 0) is 18.1 Å². The number of ketones is 1. The molecule has 1 heterocycles. The minimum absolute atomic E-state index is 0.00593. The first-order valence-corrected chi connectivity index (χ1v) is 4.97. The number of furan rings is 1. The molecular formula is C13H12O2. The first kappa shape index (κ1) is 9.71. The Kier molecular flexibility index (Phi) is 2.68. The van der Waals surface area contributed by atoms with Crippen LogP contribution in [0.25, 0.3) is 0 Å². The average Bonchev–Trinajstić information content (AvgIpc) is 2.82. The number of aryl methyl sites for hydroxylation is 1. The lowest BCUT2D eigenvalue weighted by Crippen LogP contribution is -1.99. The zero-order valence-electron chi connectivity index (χ0n) is 8.57. The van der Waals surface area contributed by atoms with E-state index in [-0.39, 0.29) is 5.78 Å². The summed E-state index contributed by atoms with van der Waals surface area (Å²) >= 11 is 0. The summed E-state index contributed by atoms with van der Waals surface area (Å²) in [7, 11) is 0. The molecule has 76 valence electrons. The van der Waals surface area contributed by atoms with Crippen LogP contribution >= 0.6 is 0 Å². The van der Waals surface area contributed by atoms with Gasteiger partial charge in [-0.1, -0.05) is 31.2 Å². The summed E-state index contributed by atoms with van der Waals surface area (Å²) < 4.78 is 4.88. The fourth-order valence-corrected chi connectivity index (χ4v) is 1.45. The molecule has 2 nitrogen and oxygen atoms in total. The highest BCUT2D eigenvalue weighted by Gasteiger charge is 2.09. The van der Waals surface area contributed by atoms with Gasteiger partial charge in [0.25, 0.3) is 0 Å². The second-order valence-corrected chi connectivity index (χ2v) is 3.39. The van der Waals surface area contributed by atoms with Gasteiger partial charge in [-0.25, -0.2) is 0 Å². The molecule has 0 saturated heterocycles. The largest absolute Gasteiger partial charge is 0.472 e. The van der Waals surface area contributed by atoms with Gasteiger partial charge in [-0.2, -0.15) is 0 Å². The fraction of sp³-hybridized carbons (Fsp3) is 0.154. The van der Waals surface area contributed by atoms with E-state index < -0.39 is 0 Å². The maximum absolute atomic E-state index is 11.8. The molecule has 0 unspecified atom stereocenters. The third-order valence-corrected chi connectivity index (χ3v) is 2.41. The number of rotatable bonds is 3. The van der Waals surface area contributed by atoms with Gasteiger partial charge >= 0.3 is 0 Å². The van der Waals surface area contributed by atoms with E-state index in [1.165, 1.54) is 18.1 Å². The molecule has 0 aliphatic heterocycles. The lowest BCUT2D eigenvalue weighted by molar-refractivity contribution is 0.103. The molecule has 0 radical (unpaired) electrons. The van der Waals surface area contributed by atoms with Crippen molar-refractivity contribution in [3.63, 3.8) is 0 Å². The van der Waals surface area contributed by atoms with E-state index in [1.807, 2.05) is 24.3 Å². The summed E-state index contributed by atoms with van der Waals surface area (Å²) in [6, 6.07) is 9.35. The van der Waals surface area contributed by atoms with Crippen LogP contribution in [0.3, 0.4) is 0 Å². The van der Waals surface area contributed by atoms with Gasteiger partial charge < -0.3 is 4.42 Å². The zero-order valence-corrected chi connectivity index (χ0v) is 8.57. The van der Waals surface area contributed by atoms with Crippen LogP contribution in [0.2, 0.25) is 0 Å². The van der Waals surface area contributed by atoms with Crippen molar-refractivity contribution in [3.8, 4) is 0 Å². The van der Waals surface area contributed by atoms with Gasteiger partial charge in [-0.15, -0.1) is 0 Å². The fourth-order valence-electron chi connectivity index (χ4n) is 1.45. The van der Waals surface area contributed by atoms with Gasteiger partial charge in [0.05, 0.1) is 11.8 Å². The summed E-state index contributed by atoms with van der Waals surface area (Å²) in [6.45, 7) is 2.09. The number of carbonyl (C=O) groups excluding carboxylic acids is 1. The number of benzene rings is 1. The summed E-state index contributed by atoms with van der Waals surface area (Å²) in [5.74, 6) is 0.00593. The van der Waals surface area contributed by atoms with E-state index in [2.05, 4.69) is 6.92 Å². The molecule has 0 aliphatic carbocycles. The highest BCUT2D eigenvalue weighted by Crippen LogP contribution is 2.11. The minimum atomic E-state index is 0.00593. The van der Waals surface area contributed by atoms with E-state index in [4.69, 9.17) is 4.42 Å². The maximum Gasteiger partial charge on any atom is 0.196 e. The van der Waals surface area contributed by atoms with Gasteiger partial charge in [0, 0.05) is 5.56 Å². The zero-order chi connectivity index (χ0) is 10.7. The van der Waals surface area contributed by atoms with E-state index in [1.54, 1.807) is 6.07 Å². The third-order valence-electron chi connectivity index (χ3n) is 2.41. The summed E-state index contributed by atoms with van der Waals surface area (Å²) in [6.07, 6.45) is 3.96. The molecule has 0 aliphatic rings. The molecule has 0 fully saturated rings. The van der Waals surface area contributed by atoms with Crippen molar-refractivity contribution in [3.05, 3.63) is 59.5 Å². The molecule has 2 rings (SSSR count). The summed E-state index contributed by atoms with van der Waals surface area (Å²) in [5, 5.41) is 0. The first-order valence-electron chi connectivity index (χ1n) is 4.97. The van der Waals surface area contributed by atoms with Crippen molar-refractivity contribution in [1.82, 2.24) is 0 Å². The van der Waals surface area contributed by atoms with Crippen LogP contribution in [0.4, 0.5) is 0 Å². The lowest BCUT2D eigenvalue weighted by Gasteiger charge is -1.99. The molecule has 1 aromatic heterocycles. The summed E-state index contributed by atoms with van der Waals surface area (Å²) in [5.41, 5.74) is 2.53. The molecular weight excluding hydrogens is 188 g/mol. The van der Waals surface area contributed by atoms with Crippen molar-refractivity contribution in [2.45, 2.75) is 13.3 Å². The lowest BCUT2D eigenvalue weighted by atomic mass is 10.0. The topological polar surface area (TPSA) is 30.2 Å². The van der Waals surface area contributed by atoms with Crippen molar-refractivity contribution in [2.75, 3.05) is 0 Å². The molecule has 0 spiro atoms. The van der Waals surface area contributed by atoms with Gasteiger partial charge in [-0.3, -0.25) is 4.79 Å². The Morgan fingerprint density at radius 1 is 1.13 bits per heavy atom. The first-order chi connectivity index (χ1) is 7.31. The van der Waals surface area contributed by atoms with Gasteiger partial charge in [0.2, 0.25) is 0 Å². The minimum Gasteiger partial charge on any atom is -0.472 e. The van der Waals surface area contributed by atoms with Crippen molar-refractivity contribution in [2.24, 2.45) is 0 Å². The Labute approximate surface area is 88.5 Å². The normalized spacial score (nSPS) is 10.2. The van der Waals surface area contributed by atoms with Crippen LogP contribution < -0.4 is 0 Å².